The summed E-state index contributed by atoms with van der Waals surface area (Å²) in [4.78, 5) is 41.0. The molecule has 1 fully saturated rings. The van der Waals surface area contributed by atoms with Gasteiger partial charge in [-0.05, 0) is 48.5 Å². The molecule has 11 heteroatoms. The van der Waals surface area contributed by atoms with Gasteiger partial charge in [0.15, 0.2) is 16.7 Å². The van der Waals surface area contributed by atoms with E-state index in [2.05, 4.69) is 4.99 Å². The van der Waals surface area contributed by atoms with E-state index in [1.54, 1.807) is 19.1 Å². The molecule has 0 unspecified atom stereocenters. The topological polar surface area (TPSA) is 132 Å². The van der Waals surface area contributed by atoms with Gasteiger partial charge in [0.25, 0.3) is 11.6 Å². The molecule has 0 saturated carbocycles. The van der Waals surface area contributed by atoms with Gasteiger partial charge in [0.2, 0.25) is 6.79 Å². The zero-order valence-electron chi connectivity index (χ0n) is 16.3. The van der Waals surface area contributed by atoms with Crippen molar-refractivity contribution in [2.24, 2.45) is 4.99 Å². The molecular weight excluding hydrogens is 426 g/mol. The molecular formula is C20H15N3O7S. The molecule has 10 nitrogen and oxygen atoms in total. The molecule has 0 atom stereocenters. The van der Waals surface area contributed by atoms with Crippen LogP contribution in [0.3, 0.4) is 0 Å². The highest BCUT2D eigenvalue weighted by Crippen LogP contribution is 2.41. The Hall–Kier alpha value is -3.86. The van der Waals surface area contributed by atoms with Crippen molar-refractivity contribution in [2.45, 2.75) is 6.92 Å². The van der Waals surface area contributed by atoms with Gasteiger partial charge in [-0.2, -0.15) is 0 Å². The summed E-state index contributed by atoms with van der Waals surface area (Å²) in [6.45, 7) is 1.60. The lowest BCUT2D eigenvalue weighted by atomic mass is 10.1. The summed E-state index contributed by atoms with van der Waals surface area (Å²) in [6, 6.07) is 7.42. The summed E-state index contributed by atoms with van der Waals surface area (Å²) in [5, 5.41) is 21.1. The van der Waals surface area contributed by atoms with Crippen LogP contribution in [0.15, 0.2) is 40.2 Å². The van der Waals surface area contributed by atoms with Crippen LogP contribution in [-0.4, -0.2) is 45.8 Å². The SMILES string of the molecule is Cc1c(N=C2S/C(=C/c3cc4c(cc3[N+](=O)[O-])OCO4)C(=O)N2C)cccc1C(=O)O. The van der Waals surface area contributed by atoms with Crippen LogP contribution in [0.2, 0.25) is 0 Å². The lowest BCUT2D eigenvalue weighted by molar-refractivity contribution is -0.385. The summed E-state index contributed by atoms with van der Waals surface area (Å²) in [6.07, 6.45) is 1.41. The fourth-order valence-electron chi connectivity index (χ4n) is 3.09. The highest BCUT2D eigenvalue weighted by Gasteiger charge is 2.32. The number of nitro benzene ring substituents is 1. The Morgan fingerprint density at radius 3 is 2.71 bits per heavy atom. The minimum atomic E-state index is -1.07. The van der Waals surface area contributed by atoms with Crippen molar-refractivity contribution in [3.05, 3.63) is 62.0 Å². The highest BCUT2D eigenvalue weighted by molar-refractivity contribution is 8.18. The number of likely N-dealkylation sites (N-methyl/N-ethyl adjacent to an activating group) is 1. The van der Waals surface area contributed by atoms with Crippen LogP contribution >= 0.6 is 11.8 Å². The molecule has 0 spiro atoms. The summed E-state index contributed by atoms with van der Waals surface area (Å²) in [7, 11) is 1.53. The smallest absolute Gasteiger partial charge is 0.336 e. The Bertz CT molecular complexity index is 1210. The molecule has 0 aliphatic carbocycles. The fraction of sp³-hybridized carbons (Fsp3) is 0.150. The number of hydrogen-bond acceptors (Lipinski definition) is 8. The number of fused-ring (bicyclic) bond motifs is 1. The number of amides is 1. The number of rotatable bonds is 4. The van der Waals surface area contributed by atoms with E-state index in [0.29, 0.717) is 22.2 Å². The van der Waals surface area contributed by atoms with Crippen LogP contribution in [-0.2, 0) is 4.79 Å². The average Bonchev–Trinajstić information content (AvgIpc) is 3.28. The zero-order chi connectivity index (χ0) is 22.3. The number of thioether (sulfide) groups is 1. The number of carboxylic acid groups (broad SMARTS) is 1. The van der Waals surface area contributed by atoms with E-state index < -0.39 is 10.9 Å². The second-order valence-electron chi connectivity index (χ2n) is 6.65. The van der Waals surface area contributed by atoms with Crippen LogP contribution < -0.4 is 9.47 Å². The van der Waals surface area contributed by atoms with Crippen LogP contribution in [0.1, 0.15) is 21.5 Å². The van der Waals surface area contributed by atoms with Crippen molar-refractivity contribution in [3.63, 3.8) is 0 Å². The van der Waals surface area contributed by atoms with Crippen molar-refractivity contribution < 1.29 is 29.1 Å². The fourth-order valence-corrected chi connectivity index (χ4v) is 4.06. The predicted molar refractivity (Wildman–Crippen MR) is 113 cm³/mol. The average molecular weight is 441 g/mol. The van der Waals surface area contributed by atoms with Crippen molar-refractivity contribution >= 4 is 46.3 Å². The molecule has 2 aromatic rings. The van der Waals surface area contributed by atoms with E-state index >= 15 is 0 Å². The molecule has 1 amide bonds. The monoisotopic (exact) mass is 441 g/mol. The third kappa shape index (κ3) is 3.70. The van der Waals surface area contributed by atoms with E-state index in [9.17, 15) is 24.8 Å². The van der Waals surface area contributed by atoms with Gasteiger partial charge < -0.3 is 14.6 Å². The molecule has 4 rings (SSSR count). The summed E-state index contributed by atoms with van der Waals surface area (Å²) in [5.74, 6) is -0.829. The van der Waals surface area contributed by atoms with Crippen LogP contribution in [0.25, 0.3) is 6.08 Å². The number of hydrogen-bond donors (Lipinski definition) is 1. The van der Waals surface area contributed by atoms with Crippen LogP contribution in [0.4, 0.5) is 11.4 Å². The second kappa shape index (κ2) is 7.76. The number of carbonyl (C=O) groups excluding carboxylic acids is 1. The number of benzene rings is 2. The molecule has 158 valence electrons. The summed E-state index contributed by atoms with van der Waals surface area (Å²) in [5.41, 5.74) is 0.975. The van der Waals surface area contributed by atoms with Gasteiger partial charge in [0, 0.05) is 7.05 Å². The summed E-state index contributed by atoms with van der Waals surface area (Å²) >= 11 is 1.04. The third-order valence-electron chi connectivity index (χ3n) is 4.76. The quantitative estimate of drug-likeness (QED) is 0.433. The Morgan fingerprint density at radius 1 is 1.32 bits per heavy atom. The first-order valence-corrected chi connectivity index (χ1v) is 9.75. The van der Waals surface area contributed by atoms with Crippen LogP contribution in [0, 0.1) is 17.0 Å². The maximum absolute atomic E-state index is 12.7. The normalized spacial score (nSPS) is 17.6. The first kappa shape index (κ1) is 20.4. The molecule has 0 aromatic heterocycles. The van der Waals surface area contributed by atoms with Crippen molar-refractivity contribution in [2.75, 3.05) is 13.8 Å². The highest BCUT2D eigenvalue weighted by atomic mass is 32.2. The Balaban J connectivity index is 1.72. The van der Waals surface area contributed by atoms with E-state index in [1.165, 1.54) is 36.2 Å². The van der Waals surface area contributed by atoms with Gasteiger partial charge in [-0.25, -0.2) is 9.79 Å². The molecule has 31 heavy (non-hydrogen) atoms. The maximum Gasteiger partial charge on any atom is 0.336 e. The zero-order valence-corrected chi connectivity index (χ0v) is 17.1. The number of aromatic carboxylic acids is 1. The first-order valence-electron chi connectivity index (χ1n) is 8.93. The Kier molecular flexibility index (Phi) is 5.11. The minimum absolute atomic E-state index is 0.0332. The van der Waals surface area contributed by atoms with E-state index in [4.69, 9.17) is 9.47 Å². The molecule has 0 bridgehead atoms. The van der Waals surface area contributed by atoms with Crippen molar-refractivity contribution in [1.29, 1.82) is 0 Å². The number of carbonyl (C=O) groups is 2. The standard InChI is InChI=1S/C20H15N3O7S/c1-10-12(19(25)26)4-3-5-13(10)21-20-22(2)18(24)17(31-20)7-11-6-15-16(30-9-29-15)8-14(11)23(27)28/h3-8H,9H2,1-2H3,(H,25,26)/b17-7+,21-20?. The molecule has 1 N–H and O–H groups in total. The number of aliphatic imine (C=N–C) groups is 1. The largest absolute Gasteiger partial charge is 0.478 e. The van der Waals surface area contributed by atoms with Gasteiger partial charge in [-0.3, -0.25) is 19.8 Å². The van der Waals surface area contributed by atoms with Crippen molar-refractivity contribution in [1.82, 2.24) is 4.90 Å². The number of nitro groups is 1. The number of amidine groups is 1. The Labute approximate surface area is 179 Å². The van der Waals surface area contributed by atoms with Gasteiger partial charge in [-0.1, -0.05) is 6.07 Å². The third-order valence-corrected chi connectivity index (χ3v) is 5.82. The molecule has 2 aliphatic rings. The van der Waals surface area contributed by atoms with Crippen molar-refractivity contribution in [3.8, 4) is 11.5 Å². The molecule has 0 radical (unpaired) electrons. The van der Waals surface area contributed by atoms with Gasteiger partial charge in [0.1, 0.15) is 0 Å². The first-order chi connectivity index (χ1) is 14.8. The maximum atomic E-state index is 12.7. The van der Waals surface area contributed by atoms with E-state index in [1.807, 2.05) is 0 Å². The molecule has 1 saturated heterocycles. The number of nitrogens with zero attached hydrogens (tertiary/aromatic N) is 3. The second-order valence-corrected chi connectivity index (χ2v) is 7.65. The van der Waals surface area contributed by atoms with Crippen LogP contribution in [0.5, 0.6) is 11.5 Å². The molecule has 2 heterocycles. The minimum Gasteiger partial charge on any atom is -0.478 e. The lowest BCUT2D eigenvalue weighted by Gasteiger charge is -2.09. The van der Waals surface area contributed by atoms with E-state index in [0.717, 1.165) is 11.8 Å². The Morgan fingerprint density at radius 2 is 2.03 bits per heavy atom. The number of ether oxygens (including phenoxy) is 2. The predicted octanol–water partition coefficient (Wildman–Crippen LogP) is 3.56. The van der Waals surface area contributed by atoms with Gasteiger partial charge in [0.05, 0.1) is 32.7 Å². The lowest BCUT2D eigenvalue weighted by Crippen LogP contribution is -2.23. The molecule has 2 aromatic carbocycles. The molecule has 2 aliphatic heterocycles. The van der Waals surface area contributed by atoms with E-state index in [-0.39, 0.29) is 40.2 Å². The van der Waals surface area contributed by atoms with Gasteiger partial charge >= 0.3 is 5.97 Å². The van der Waals surface area contributed by atoms with Gasteiger partial charge in [-0.15, -0.1) is 0 Å². The number of carboxylic acids is 1. The summed E-state index contributed by atoms with van der Waals surface area (Å²) < 4.78 is 10.5.